The zero-order chi connectivity index (χ0) is 19.9. The van der Waals surface area contributed by atoms with Crippen LogP contribution in [0.2, 0.25) is 0 Å². The molecule has 1 unspecified atom stereocenters. The van der Waals surface area contributed by atoms with Crippen LogP contribution in [-0.4, -0.2) is 51.8 Å². The average molecular weight is 388 g/mol. The van der Waals surface area contributed by atoms with Crippen LogP contribution < -0.4 is 19.5 Å². The Balaban J connectivity index is 1.78. The van der Waals surface area contributed by atoms with Gasteiger partial charge in [-0.3, -0.25) is 9.69 Å². The Morgan fingerprint density at radius 2 is 1.82 bits per heavy atom. The summed E-state index contributed by atoms with van der Waals surface area (Å²) in [6.07, 6.45) is 5.24. The molecule has 7 nitrogen and oxygen atoms in total. The highest BCUT2D eigenvalue weighted by Gasteiger charge is 2.26. The molecule has 1 fully saturated rings. The fourth-order valence-corrected chi connectivity index (χ4v) is 3.69. The molecule has 0 radical (unpaired) electrons. The predicted molar refractivity (Wildman–Crippen MR) is 105 cm³/mol. The van der Waals surface area contributed by atoms with E-state index in [0.29, 0.717) is 29.4 Å². The van der Waals surface area contributed by atoms with Gasteiger partial charge in [0.25, 0.3) is 5.91 Å². The first-order valence-corrected chi connectivity index (χ1v) is 9.54. The summed E-state index contributed by atoms with van der Waals surface area (Å²) in [4.78, 5) is 15.3. The van der Waals surface area contributed by atoms with E-state index in [0.717, 1.165) is 31.7 Å². The van der Waals surface area contributed by atoms with Gasteiger partial charge in [0.15, 0.2) is 11.5 Å². The van der Waals surface area contributed by atoms with E-state index in [1.54, 1.807) is 25.5 Å². The largest absolute Gasteiger partial charge is 0.493 e. The number of benzene rings is 1. The lowest BCUT2D eigenvalue weighted by molar-refractivity contribution is 0.0910. The number of furan rings is 1. The molecule has 3 rings (SSSR count). The van der Waals surface area contributed by atoms with Crippen molar-refractivity contribution in [1.82, 2.24) is 10.2 Å². The minimum atomic E-state index is -0.230. The number of ether oxygens (including phenoxy) is 3. The molecule has 1 aromatic carbocycles. The van der Waals surface area contributed by atoms with Crippen molar-refractivity contribution in [3.63, 3.8) is 0 Å². The Morgan fingerprint density at radius 3 is 2.43 bits per heavy atom. The molecule has 2 heterocycles. The van der Waals surface area contributed by atoms with Crippen molar-refractivity contribution in [1.29, 1.82) is 0 Å². The second-order valence-corrected chi connectivity index (χ2v) is 6.72. The number of amides is 1. The molecular formula is C21H28N2O5. The SMILES string of the molecule is COc1ccc(C(=O)NCC(c2ccco2)N2CCCCC2)c(OC)c1OC. The molecule has 0 saturated carbocycles. The van der Waals surface area contributed by atoms with E-state index in [1.165, 1.54) is 20.6 Å². The number of piperidine rings is 1. The molecule has 0 aliphatic carbocycles. The lowest BCUT2D eigenvalue weighted by Crippen LogP contribution is -2.40. The monoisotopic (exact) mass is 388 g/mol. The Labute approximate surface area is 165 Å². The number of carbonyl (C=O) groups excluding carboxylic acids is 1. The quantitative estimate of drug-likeness (QED) is 0.748. The third kappa shape index (κ3) is 4.25. The minimum absolute atomic E-state index is 0.00499. The second kappa shape index (κ2) is 9.50. The maximum absolute atomic E-state index is 12.9. The number of hydrogen-bond donors (Lipinski definition) is 1. The van der Waals surface area contributed by atoms with Gasteiger partial charge in [-0.05, 0) is 50.2 Å². The van der Waals surface area contributed by atoms with Gasteiger partial charge in [0.05, 0.1) is 39.2 Å². The molecule has 1 atom stereocenters. The second-order valence-electron chi connectivity index (χ2n) is 6.72. The molecule has 1 amide bonds. The van der Waals surface area contributed by atoms with Crippen LogP contribution in [0.4, 0.5) is 0 Å². The third-order valence-electron chi connectivity index (χ3n) is 5.11. The number of hydrogen-bond acceptors (Lipinski definition) is 6. The highest BCUT2D eigenvalue weighted by atomic mass is 16.5. The topological polar surface area (TPSA) is 73.2 Å². The number of nitrogens with zero attached hydrogens (tertiary/aromatic N) is 1. The van der Waals surface area contributed by atoms with Gasteiger partial charge in [-0.15, -0.1) is 0 Å². The molecule has 0 bridgehead atoms. The molecule has 152 valence electrons. The van der Waals surface area contributed by atoms with Crippen LogP contribution in [0.5, 0.6) is 17.2 Å². The molecular weight excluding hydrogens is 360 g/mol. The lowest BCUT2D eigenvalue weighted by atomic mass is 10.1. The zero-order valence-corrected chi connectivity index (χ0v) is 16.7. The Morgan fingerprint density at radius 1 is 1.07 bits per heavy atom. The Bertz CT molecular complexity index is 769. The van der Waals surface area contributed by atoms with Crippen LogP contribution in [0.1, 0.15) is 41.4 Å². The average Bonchev–Trinajstić information content (AvgIpc) is 3.27. The molecule has 1 aromatic heterocycles. The highest BCUT2D eigenvalue weighted by Crippen LogP contribution is 2.39. The number of carbonyl (C=O) groups is 1. The van der Waals surface area contributed by atoms with Crippen LogP contribution in [0.3, 0.4) is 0 Å². The molecule has 1 aliphatic heterocycles. The van der Waals surface area contributed by atoms with Gasteiger partial charge in [0.1, 0.15) is 5.76 Å². The van der Waals surface area contributed by atoms with Gasteiger partial charge in [0.2, 0.25) is 5.75 Å². The summed E-state index contributed by atoms with van der Waals surface area (Å²) in [7, 11) is 4.57. The van der Waals surface area contributed by atoms with Crippen molar-refractivity contribution in [3.05, 3.63) is 41.9 Å². The summed E-state index contributed by atoms with van der Waals surface area (Å²) in [6, 6.07) is 7.22. The fourth-order valence-electron chi connectivity index (χ4n) is 3.69. The van der Waals surface area contributed by atoms with Gasteiger partial charge in [-0.25, -0.2) is 0 Å². The van der Waals surface area contributed by atoms with Gasteiger partial charge in [-0.2, -0.15) is 0 Å². The molecule has 1 saturated heterocycles. The van der Waals surface area contributed by atoms with Crippen molar-refractivity contribution in [3.8, 4) is 17.2 Å². The molecule has 0 spiro atoms. The van der Waals surface area contributed by atoms with E-state index < -0.39 is 0 Å². The third-order valence-corrected chi connectivity index (χ3v) is 5.11. The van der Waals surface area contributed by atoms with Crippen molar-refractivity contribution < 1.29 is 23.4 Å². The number of rotatable bonds is 8. The van der Waals surface area contributed by atoms with E-state index in [1.807, 2.05) is 12.1 Å². The van der Waals surface area contributed by atoms with Gasteiger partial charge in [0, 0.05) is 6.54 Å². The van der Waals surface area contributed by atoms with Crippen molar-refractivity contribution >= 4 is 5.91 Å². The molecule has 7 heteroatoms. The van der Waals surface area contributed by atoms with Crippen LogP contribution >= 0.6 is 0 Å². The fraction of sp³-hybridized carbons (Fsp3) is 0.476. The first-order valence-electron chi connectivity index (χ1n) is 9.54. The van der Waals surface area contributed by atoms with Crippen LogP contribution in [-0.2, 0) is 0 Å². The van der Waals surface area contributed by atoms with E-state index in [2.05, 4.69) is 10.2 Å². The van der Waals surface area contributed by atoms with Crippen LogP contribution in [0.15, 0.2) is 34.9 Å². The van der Waals surface area contributed by atoms with Crippen LogP contribution in [0, 0.1) is 0 Å². The summed E-state index contributed by atoms with van der Waals surface area (Å²) >= 11 is 0. The maximum Gasteiger partial charge on any atom is 0.255 e. The van der Waals surface area contributed by atoms with Crippen molar-refractivity contribution in [2.75, 3.05) is 41.0 Å². The van der Waals surface area contributed by atoms with E-state index in [4.69, 9.17) is 18.6 Å². The lowest BCUT2D eigenvalue weighted by Gasteiger charge is -2.33. The summed E-state index contributed by atoms with van der Waals surface area (Å²) in [6.45, 7) is 2.45. The Hall–Kier alpha value is -2.67. The standard InChI is InChI=1S/C21H28N2O5/c1-25-18-10-9-15(19(26-2)20(18)27-3)21(24)22-14-16(17-8-7-13-28-17)23-11-5-4-6-12-23/h7-10,13,16H,4-6,11-12,14H2,1-3H3,(H,22,24). The van der Waals surface area contributed by atoms with Crippen molar-refractivity contribution in [2.45, 2.75) is 25.3 Å². The summed E-state index contributed by atoms with van der Waals surface area (Å²) in [5.74, 6) is 1.90. The molecule has 1 aliphatic rings. The molecule has 28 heavy (non-hydrogen) atoms. The summed E-state index contributed by atoms with van der Waals surface area (Å²) < 4.78 is 21.7. The summed E-state index contributed by atoms with van der Waals surface area (Å²) in [5, 5.41) is 3.03. The first-order chi connectivity index (χ1) is 13.7. The zero-order valence-electron chi connectivity index (χ0n) is 16.7. The van der Waals surface area contributed by atoms with Gasteiger partial charge in [-0.1, -0.05) is 6.42 Å². The number of likely N-dealkylation sites (tertiary alicyclic amines) is 1. The van der Waals surface area contributed by atoms with Crippen molar-refractivity contribution in [2.24, 2.45) is 0 Å². The smallest absolute Gasteiger partial charge is 0.255 e. The van der Waals surface area contributed by atoms with E-state index in [-0.39, 0.29) is 11.9 Å². The first kappa shape index (κ1) is 20.1. The van der Waals surface area contributed by atoms with Gasteiger partial charge >= 0.3 is 0 Å². The predicted octanol–water partition coefficient (Wildman–Crippen LogP) is 3.26. The van der Waals surface area contributed by atoms with Crippen LogP contribution in [0.25, 0.3) is 0 Å². The molecule has 2 aromatic rings. The molecule has 1 N–H and O–H groups in total. The van der Waals surface area contributed by atoms with Gasteiger partial charge < -0.3 is 23.9 Å². The number of methoxy groups -OCH3 is 3. The highest BCUT2D eigenvalue weighted by molar-refractivity contribution is 5.98. The van der Waals surface area contributed by atoms with E-state index in [9.17, 15) is 4.79 Å². The Kier molecular flexibility index (Phi) is 6.81. The summed E-state index contributed by atoms with van der Waals surface area (Å²) in [5.41, 5.74) is 0.400. The van der Waals surface area contributed by atoms with E-state index >= 15 is 0 Å². The normalized spacial score (nSPS) is 15.7. The minimum Gasteiger partial charge on any atom is -0.493 e. The number of nitrogens with one attached hydrogen (secondary N) is 1. The maximum atomic E-state index is 12.9.